The van der Waals surface area contributed by atoms with Crippen LogP contribution in [0.2, 0.25) is 0 Å². The Morgan fingerprint density at radius 1 is 1.39 bits per heavy atom. The highest BCUT2D eigenvalue weighted by molar-refractivity contribution is 4.83. The number of alkyl halides is 3. The van der Waals surface area contributed by atoms with Gasteiger partial charge in [-0.05, 0) is 19.9 Å². The molecule has 1 rings (SSSR count). The van der Waals surface area contributed by atoms with Crippen LogP contribution in [-0.2, 0) is 4.74 Å². The molecule has 0 amide bonds. The largest absolute Gasteiger partial charge is 0.411 e. The topological polar surface area (TPSA) is 39.1 Å². The zero-order valence-electron chi connectivity index (χ0n) is 10.4. The van der Waals surface area contributed by atoms with Crippen molar-refractivity contribution in [3.8, 4) is 0 Å². The number of hydrogen-bond acceptors (Lipinski definition) is 3. The first-order valence-electron chi connectivity index (χ1n) is 5.77. The Morgan fingerprint density at radius 3 is 2.67 bits per heavy atom. The minimum absolute atomic E-state index is 0.0374. The third-order valence-corrected chi connectivity index (χ3v) is 2.64. The first-order valence-corrected chi connectivity index (χ1v) is 5.77. The maximum Gasteiger partial charge on any atom is 0.411 e. The van der Waals surface area contributed by atoms with Gasteiger partial charge in [0.25, 0.3) is 0 Å². The molecule has 0 saturated heterocycles. The van der Waals surface area contributed by atoms with E-state index in [1.165, 1.54) is 0 Å². The Bertz CT molecular complexity index is 327. The summed E-state index contributed by atoms with van der Waals surface area (Å²) >= 11 is 0. The highest BCUT2D eigenvalue weighted by Gasteiger charge is 2.27. The van der Waals surface area contributed by atoms with Gasteiger partial charge in [0, 0.05) is 25.0 Å². The zero-order valence-corrected chi connectivity index (χ0v) is 10.4. The highest BCUT2D eigenvalue weighted by atomic mass is 19.4. The maximum atomic E-state index is 11.8. The van der Waals surface area contributed by atoms with Crippen molar-refractivity contribution in [2.24, 2.45) is 0 Å². The first kappa shape index (κ1) is 15.0. The molecule has 0 saturated carbocycles. The molecule has 0 radical (unpaired) electrons. The number of aromatic nitrogens is 2. The van der Waals surface area contributed by atoms with E-state index < -0.39 is 12.8 Å². The summed E-state index contributed by atoms with van der Waals surface area (Å²) < 4.78 is 41.7. The van der Waals surface area contributed by atoms with Crippen molar-refractivity contribution in [1.29, 1.82) is 0 Å². The van der Waals surface area contributed by atoms with Crippen LogP contribution >= 0.6 is 0 Å². The van der Waals surface area contributed by atoms with Gasteiger partial charge in [0.2, 0.25) is 0 Å². The van der Waals surface area contributed by atoms with Crippen molar-refractivity contribution in [3.63, 3.8) is 0 Å². The van der Waals surface area contributed by atoms with E-state index in [9.17, 15) is 13.2 Å². The van der Waals surface area contributed by atoms with Crippen molar-refractivity contribution in [2.75, 3.05) is 19.8 Å². The second-order valence-electron chi connectivity index (χ2n) is 4.14. The SMILES string of the molecule is C[C@@H](NCCOCC(F)(F)F)[C@H](C)n1cccn1. The summed E-state index contributed by atoms with van der Waals surface area (Å²) in [6.45, 7) is 3.16. The van der Waals surface area contributed by atoms with Crippen molar-refractivity contribution < 1.29 is 17.9 Å². The number of nitrogens with zero attached hydrogens (tertiary/aromatic N) is 2. The third kappa shape index (κ3) is 5.50. The Morgan fingerprint density at radius 2 is 2.11 bits per heavy atom. The third-order valence-electron chi connectivity index (χ3n) is 2.64. The summed E-state index contributed by atoms with van der Waals surface area (Å²) in [6, 6.07) is 2.05. The van der Waals surface area contributed by atoms with Gasteiger partial charge < -0.3 is 10.1 Å². The summed E-state index contributed by atoms with van der Waals surface area (Å²) in [6.07, 6.45) is -0.716. The van der Waals surface area contributed by atoms with Crippen LogP contribution in [0.25, 0.3) is 0 Å². The van der Waals surface area contributed by atoms with E-state index >= 15 is 0 Å². The molecule has 104 valence electrons. The minimum Gasteiger partial charge on any atom is -0.371 e. The standard InChI is InChI=1S/C11H18F3N3O/c1-9(10(2)17-6-3-4-16-17)15-5-7-18-8-11(12,13)14/h3-4,6,9-10,15H,5,7-8H2,1-2H3/t9-,10+/m1/s1. The van der Waals surface area contributed by atoms with E-state index in [-0.39, 0.29) is 18.7 Å². The number of rotatable bonds is 7. The zero-order chi connectivity index (χ0) is 13.6. The number of halogens is 3. The quantitative estimate of drug-likeness (QED) is 0.766. The lowest BCUT2D eigenvalue weighted by molar-refractivity contribution is -0.173. The molecule has 0 unspecified atom stereocenters. The molecular formula is C11H18F3N3O. The van der Waals surface area contributed by atoms with E-state index in [4.69, 9.17) is 0 Å². The lowest BCUT2D eigenvalue weighted by Crippen LogP contribution is -2.36. The van der Waals surface area contributed by atoms with Crippen molar-refractivity contribution in [2.45, 2.75) is 32.1 Å². The summed E-state index contributed by atoms with van der Waals surface area (Å²) in [4.78, 5) is 0. The van der Waals surface area contributed by atoms with Crippen LogP contribution in [0.4, 0.5) is 13.2 Å². The highest BCUT2D eigenvalue weighted by Crippen LogP contribution is 2.14. The van der Waals surface area contributed by atoms with Gasteiger partial charge in [0.1, 0.15) is 6.61 Å². The molecule has 1 aromatic rings. The van der Waals surface area contributed by atoms with E-state index in [1.54, 1.807) is 10.9 Å². The molecule has 0 aliphatic carbocycles. The number of hydrogen-bond donors (Lipinski definition) is 1. The summed E-state index contributed by atoms with van der Waals surface area (Å²) in [5.41, 5.74) is 0. The van der Waals surface area contributed by atoms with Gasteiger partial charge >= 0.3 is 6.18 Å². The van der Waals surface area contributed by atoms with Crippen LogP contribution in [0, 0.1) is 0 Å². The van der Waals surface area contributed by atoms with Crippen molar-refractivity contribution in [1.82, 2.24) is 15.1 Å². The minimum atomic E-state index is -4.26. The van der Waals surface area contributed by atoms with E-state index in [0.29, 0.717) is 6.54 Å². The summed E-state index contributed by atoms with van der Waals surface area (Å²) in [5.74, 6) is 0. The number of nitrogens with one attached hydrogen (secondary N) is 1. The first-order chi connectivity index (χ1) is 8.40. The van der Waals surface area contributed by atoms with Gasteiger partial charge in [-0.2, -0.15) is 18.3 Å². The van der Waals surface area contributed by atoms with Crippen LogP contribution in [0.15, 0.2) is 18.5 Å². The summed E-state index contributed by atoms with van der Waals surface area (Å²) in [5, 5.41) is 7.21. The molecule has 1 N–H and O–H groups in total. The predicted molar refractivity (Wildman–Crippen MR) is 61.3 cm³/mol. The normalized spacial score (nSPS) is 15.6. The smallest absolute Gasteiger partial charge is 0.371 e. The van der Waals surface area contributed by atoms with E-state index in [0.717, 1.165) is 0 Å². The lowest BCUT2D eigenvalue weighted by atomic mass is 10.2. The summed E-state index contributed by atoms with van der Waals surface area (Å²) in [7, 11) is 0. The van der Waals surface area contributed by atoms with Crippen molar-refractivity contribution in [3.05, 3.63) is 18.5 Å². The Labute approximate surface area is 104 Å². The van der Waals surface area contributed by atoms with Gasteiger partial charge in [-0.3, -0.25) is 4.68 Å². The van der Waals surface area contributed by atoms with Crippen LogP contribution < -0.4 is 5.32 Å². The Kier molecular flexibility index (Phi) is 5.61. The lowest BCUT2D eigenvalue weighted by Gasteiger charge is -2.21. The molecular weight excluding hydrogens is 247 g/mol. The Hall–Kier alpha value is -1.08. The van der Waals surface area contributed by atoms with Gasteiger partial charge in [0.05, 0.1) is 12.6 Å². The fourth-order valence-electron chi connectivity index (χ4n) is 1.47. The average molecular weight is 265 g/mol. The second kappa shape index (κ2) is 6.75. The molecule has 0 aromatic carbocycles. The van der Waals surface area contributed by atoms with Crippen LogP contribution in [0.1, 0.15) is 19.9 Å². The van der Waals surface area contributed by atoms with E-state index in [2.05, 4.69) is 15.2 Å². The Balaban J connectivity index is 2.16. The van der Waals surface area contributed by atoms with Gasteiger partial charge in [-0.15, -0.1) is 0 Å². The molecule has 0 bridgehead atoms. The second-order valence-corrected chi connectivity index (χ2v) is 4.14. The van der Waals surface area contributed by atoms with Gasteiger partial charge in [-0.25, -0.2) is 0 Å². The molecule has 4 nitrogen and oxygen atoms in total. The van der Waals surface area contributed by atoms with Gasteiger partial charge in [-0.1, -0.05) is 0 Å². The van der Waals surface area contributed by atoms with Crippen LogP contribution in [-0.4, -0.2) is 41.8 Å². The molecule has 0 fully saturated rings. The molecule has 1 heterocycles. The fraction of sp³-hybridized carbons (Fsp3) is 0.727. The van der Waals surface area contributed by atoms with Crippen molar-refractivity contribution >= 4 is 0 Å². The predicted octanol–water partition coefficient (Wildman–Crippen LogP) is 2.00. The van der Waals surface area contributed by atoms with Crippen LogP contribution in [0.3, 0.4) is 0 Å². The monoisotopic (exact) mass is 265 g/mol. The molecule has 7 heteroatoms. The molecule has 1 aromatic heterocycles. The number of ether oxygens (including phenoxy) is 1. The average Bonchev–Trinajstić information content (AvgIpc) is 2.79. The van der Waals surface area contributed by atoms with Gasteiger partial charge in [0.15, 0.2) is 0 Å². The van der Waals surface area contributed by atoms with E-state index in [1.807, 2.05) is 26.1 Å². The molecule has 2 atom stereocenters. The maximum absolute atomic E-state index is 11.8. The molecule has 0 spiro atoms. The molecule has 0 aliphatic rings. The van der Waals surface area contributed by atoms with Crippen LogP contribution in [0.5, 0.6) is 0 Å². The fourth-order valence-corrected chi connectivity index (χ4v) is 1.47. The molecule has 18 heavy (non-hydrogen) atoms. The molecule has 0 aliphatic heterocycles.